The highest BCUT2D eigenvalue weighted by molar-refractivity contribution is 6.11. The lowest BCUT2D eigenvalue weighted by Gasteiger charge is -2.04. The van der Waals surface area contributed by atoms with Gasteiger partial charge < -0.3 is 9.15 Å². The molecular weight excluding hydrogens is 323 g/mol. The maximum absolute atomic E-state index is 13.2. The molecule has 0 N–H and O–H groups in total. The van der Waals surface area contributed by atoms with E-state index in [1.807, 2.05) is 0 Å². The minimum atomic E-state index is -0.543. The first-order chi connectivity index (χ1) is 11.9. The van der Waals surface area contributed by atoms with Crippen molar-refractivity contribution >= 4 is 22.7 Å². The van der Waals surface area contributed by atoms with Crippen molar-refractivity contribution in [2.45, 2.75) is 20.8 Å². The summed E-state index contributed by atoms with van der Waals surface area (Å²) < 4.78 is 24.2. The number of benzene rings is 2. The molecule has 5 heteroatoms. The van der Waals surface area contributed by atoms with Crippen molar-refractivity contribution in [1.29, 1.82) is 0 Å². The van der Waals surface area contributed by atoms with E-state index in [0.29, 0.717) is 27.9 Å². The van der Waals surface area contributed by atoms with Crippen molar-refractivity contribution < 1.29 is 23.1 Å². The second kappa shape index (κ2) is 6.51. The topological polar surface area (TPSA) is 56.5 Å². The highest BCUT2D eigenvalue weighted by atomic mass is 19.1. The third-order valence-corrected chi connectivity index (χ3v) is 4.00. The first kappa shape index (κ1) is 16.9. The molecule has 3 rings (SSSR count). The van der Waals surface area contributed by atoms with Crippen LogP contribution in [0.25, 0.3) is 22.3 Å². The van der Waals surface area contributed by atoms with Crippen LogP contribution in [-0.4, -0.2) is 18.4 Å². The molecular formula is C20H17FO4. The van der Waals surface area contributed by atoms with Crippen LogP contribution in [0.5, 0.6) is 0 Å². The molecule has 0 fully saturated rings. The minimum Gasteiger partial charge on any atom is -0.462 e. The van der Waals surface area contributed by atoms with Crippen molar-refractivity contribution in [3.05, 3.63) is 58.9 Å². The van der Waals surface area contributed by atoms with Gasteiger partial charge in [-0.3, -0.25) is 4.79 Å². The number of rotatable bonds is 4. The molecule has 2 aromatic carbocycles. The number of carbonyl (C=O) groups excluding carboxylic acids is 2. The Morgan fingerprint density at radius 3 is 2.44 bits per heavy atom. The summed E-state index contributed by atoms with van der Waals surface area (Å²) in [6, 6.07) is 9.04. The van der Waals surface area contributed by atoms with Gasteiger partial charge in [0, 0.05) is 16.5 Å². The van der Waals surface area contributed by atoms with Crippen LogP contribution >= 0.6 is 0 Å². The van der Waals surface area contributed by atoms with E-state index < -0.39 is 5.97 Å². The van der Waals surface area contributed by atoms with Gasteiger partial charge in [0.25, 0.3) is 0 Å². The minimum absolute atomic E-state index is 0.0984. The van der Waals surface area contributed by atoms with Gasteiger partial charge in [-0.05, 0) is 62.7 Å². The molecule has 0 spiro atoms. The van der Waals surface area contributed by atoms with Gasteiger partial charge in [0.05, 0.1) is 6.61 Å². The fourth-order valence-corrected chi connectivity index (χ4v) is 2.83. The number of esters is 1. The van der Waals surface area contributed by atoms with Crippen LogP contribution in [0, 0.1) is 12.7 Å². The summed E-state index contributed by atoms with van der Waals surface area (Å²) >= 11 is 0. The second-order valence-corrected chi connectivity index (χ2v) is 5.75. The van der Waals surface area contributed by atoms with Crippen LogP contribution in [0.2, 0.25) is 0 Å². The average molecular weight is 340 g/mol. The summed E-state index contributed by atoms with van der Waals surface area (Å²) in [5.41, 5.74) is 2.55. The molecule has 4 nitrogen and oxygen atoms in total. The third-order valence-electron chi connectivity index (χ3n) is 4.00. The molecule has 1 heterocycles. The van der Waals surface area contributed by atoms with Gasteiger partial charge in [-0.2, -0.15) is 0 Å². The predicted octanol–water partition coefficient (Wildman–Crippen LogP) is 4.93. The summed E-state index contributed by atoms with van der Waals surface area (Å²) in [5, 5.41) is 0.508. The Bertz CT molecular complexity index is 968. The molecule has 128 valence electrons. The summed E-state index contributed by atoms with van der Waals surface area (Å²) in [4.78, 5) is 24.3. The number of Topliss-reactive ketones (excluding diaryl/α,β-unsaturated/α-hetero) is 1. The largest absolute Gasteiger partial charge is 0.462 e. The smallest absolute Gasteiger partial charge is 0.342 e. The Balaban J connectivity index is 2.31. The fourth-order valence-electron chi connectivity index (χ4n) is 2.83. The quantitative estimate of drug-likeness (QED) is 0.499. The van der Waals surface area contributed by atoms with Crippen LogP contribution in [0.4, 0.5) is 4.39 Å². The summed E-state index contributed by atoms with van der Waals surface area (Å²) in [5.74, 6) is -0.724. The number of hydrogen-bond acceptors (Lipinski definition) is 4. The first-order valence-corrected chi connectivity index (χ1v) is 7.93. The van der Waals surface area contributed by atoms with E-state index in [-0.39, 0.29) is 23.8 Å². The number of furan rings is 1. The second-order valence-electron chi connectivity index (χ2n) is 5.75. The Morgan fingerprint density at radius 2 is 1.84 bits per heavy atom. The fraction of sp³-hybridized carbons (Fsp3) is 0.200. The Morgan fingerprint density at radius 1 is 1.16 bits per heavy atom. The van der Waals surface area contributed by atoms with Gasteiger partial charge in [-0.15, -0.1) is 0 Å². The van der Waals surface area contributed by atoms with Crippen molar-refractivity contribution in [3.63, 3.8) is 0 Å². The van der Waals surface area contributed by atoms with Gasteiger partial charge in [-0.1, -0.05) is 0 Å². The number of ketones is 1. The van der Waals surface area contributed by atoms with E-state index in [2.05, 4.69) is 0 Å². The number of ether oxygens (including phenoxy) is 1. The summed E-state index contributed by atoms with van der Waals surface area (Å²) in [6.45, 7) is 5.20. The van der Waals surface area contributed by atoms with E-state index in [0.717, 1.165) is 5.56 Å². The van der Waals surface area contributed by atoms with E-state index in [9.17, 15) is 14.0 Å². The molecule has 0 aliphatic rings. The van der Waals surface area contributed by atoms with Crippen LogP contribution in [0.3, 0.4) is 0 Å². The molecule has 3 aromatic rings. The molecule has 0 unspecified atom stereocenters. The molecule has 1 aromatic heterocycles. The number of hydrogen-bond donors (Lipinski definition) is 0. The average Bonchev–Trinajstić information content (AvgIpc) is 2.93. The van der Waals surface area contributed by atoms with Crippen molar-refractivity contribution in [2.24, 2.45) is 0 Å². The van der Waals surface area contributed by atoms with Crippen LogP contribution in [-0.2, 0) is 4.74 Å². The van der Waals surface area contributed by atoms with E-state index in [4.69, 9.17) is 9.15 Å². The van der Waals surface area contributed by atoms with Crippen molar-refractivity contribution in [1.82, 2.24) is 0 Å². The van der Waals surface area contributed by atoms with Crippen molar-refractivity contribution in [3.8, 4) is 11.3 Å². The normalized spacial score (nSPS) is 10.9. The number of fused-ring (bicyclic) bond motifs is 1. The summed E-state index contributed by atoms with van der Waals surface area (Å²) in [6.07, 6.45) is 0. The molecule has 0 saturated heterocycles. The van der Waals surface area contributed by atoms with Crippen LogP contribution in [0.1, 0.15) is 40.1 Å². The maximum Gasteiger partial charge on any atom is 0.342 e. The molecule has 25 heavy (non-hydrogen) atoms. The van der Waals surface area contributed by atoms with Crippen LogP contribution in [0.15, 0.2) is 40.8 Å². The Labute approximate surface area is 144 Å². The van der Waals surface area contributed by atoms with E-state index in [1.54, 1.807) is 26.0 Å². The molecule has 0 bridgehead atoms. The lowest BCUT2D eigenvalue weighted by Crippen LogP contribution is -2.06. The maximum atomic E-state index is 13.2. The van der Waals surface area contributed by atoms with E-state index in [1.165, 1.54) is 31.2 Å². The monoisotopic (exact) mass is 340 g/mol. The molecule has 0 radical (unpaired) electrons. The zero-order valence-corrected chi connectivity index (χ0v) is 14.2. The zero-order chi connectivity index (χ0) is 18.1. The molecule has 0 aliphatic carbocycles. The van der Waals surface area contributed by atoms with Crippen LogP contribution < -0.4 is 0 Å². The van der Waals surface area contributed by atoms with Gasteiger partial charge in [0.15, 0.2) is 5.78 Å². The van der Waals surface area contributed by atoms with Gasteiger partial charge in [-0.25, -0.2) is 9.18 Å². The SMILES string of the molecule is CCOC(=O)c1c(-c2ccc(F)cc2)oc2cc(C)c(C(C)=O)cc12. The number of carbonyl (C=O) groups is 2. The number of halogens is 1. The zero-order valence-electron chi connectivity index (χ0n) is 14.2. The Kier molecular flexibility index (Phi) is 4.40. The van der Waals surface area contributed by atoms with Gasteiger partial charge in [0.2, 0.25) is 0 Å². The molecule has 0 saturated carbocycles. The lowest BCUT2D eigenvalue weighted by molar-refractivity contribution is 0.0528. The first-order valence-electron chi connectivity index (χ1n) is 7.93. The highest BCUT2D eigenvalue weighted by Gasteiger charge is 2.24. The Hall–Kier alpha value is -2.95. The molecule has 0 amide bonds. The molecule has 0 atom stereocenters. The van der Waals surface area contributed by atoms with Gasteiger partial charge in [0.1, 0.15) is 22.7 Å². The van der Waals surface area contributed by atoms with Gasteiger partial charge >= 0.3 is 5.97 Å². The predicted molar refractivity (Wildman–Crippen MR) is 92.3 cm³/mol. The third kappa shape index (κ3) is 3.05. The molecule has 0 aliphatic heterocycles. The summed E-state index contributed by atoms with van der Waals surface area (Å²) in [7, 11) is 0. The lowest BCUT2D eigenvalue weighted by atomic mass is 9.99. The van der Waals surface area contributed by atoms with E-state index >= 15 is 0 Å². The number of aryl methyl sites for hydroxylation is 1. The highest BCUT2D eigenvalue weighted by Crippen LogP contribution is 2.36. The standard InChI is InChI=1S/C20H17FO4/c1-4-24-20(23)18-16-10-15(12(3)22)11(2)9-17(16)25-19(18)13-5-7-14(21)8-6-13/h5-10H,4H2,1-3H3. The van der Waals surface area contributed by atoms with Crippen molar-refractivity contribution in [2.75, 3.05) is 6.61 Å².